The Morgan fingerprint density at radius 1 is 1.06 bits per heavy atom. The van der Waals surface area contributed by atoms with Crippen molar-refractivity contribution in [3.05, 3.63) is 76.4 Å². The quantitative estimate of drug-likeness (QED) is 0.332. The molecule has 0 radical (unpaired) electrons. The number of amides is 1. The van der Waals surface area contributed by atoms with Crippen LogP contribution in [-0.4, -0.2) is 28.2 Å². The number of carbonyl (C=O) groups excluding carboxylic acids is 2. The smallest absolute Gasteiger partial charge is 0.252 e. The summed E-state index contributed by atoms with van der Waals surface area (Å²) in [5.74, 6) is -0.219. The summed E-state index contributed by atoms with van der Waals surface area (Å²) in [7, 11) is 0. The van der Waals surface area contributed by atoms with Crippen LogP contribution >= 0.6 is 11.6 Å². The summed E-state index contributed by atoms with van der Waals surface area (Å²) in [4.78, 5) is 24.8. The monoisotopic (exact) mass is 434 g/mol. The Bertz CT molecular complexity index is 1370. The molecule has 0 bridgehead atoms. The third-order valence-electron chi connectivity index (χ3n) is 5.68. The molecule has 7 heteroatoms. The molecule has 156 valence electrons. The highest BCUT2D eigenvalue weighted by Crippen LogP contribution is 2.41. The zero-order valence-electron chi connectivity index (χ0n) is 16.5. The second-order valence-corrected chi connectivity index (χ2v) is 8.29. The Hall–Kier alpha value is -3.51. The van der Waals surface area contributed by atoms with E-state index in [-0.39, 0.29) is 23.7 Å². The third-order valence-corrected chi connectivity index (χ3v) is 5.92. The van der Waals surface area contributed by atoms with Crippen molar-refractivity contribution in [2.24, 2.45) is 5.73 Å². The summed E-state index contributed by atoms with van der Waals surface area (Å²) in [6.07, 6.45) is 3.69. The Morgan fingerprint density at radius 2 is 1.87 bits per heavy atom. The number of hydrogen-bond acceptors (Lipinski definition) is 4. The van der Waals surface area contributed by atoms with Crippen LogP contribution in [-0.2, 0) is 0 Å². The molecule has 0 atom stereocenters. The molecule has 0 unspecified atom stereocenters. The van der Waals surface area contributed by atoms with Crippen molar-refractivity contribution in [1.82, 2.24) is 4.73 Å². The Labute approximate surface area is 182 Å². The fourth-order valence-electron chi connectivity index (χ4n) is 3.90. The molecular weight excluding hydrogens is 416 g/mol. The van der Waals surface area contributed by atoms with Crippen LogP contribution in [0.5, 0.6) is 5.75 Å². The maximum absolute atomic E-state index is 12.9. The van der Waals surface area contributed by atoms with E-state index in [1.165, 1.54) is 11.8 Å². The van der Waals surface area contributed by atoms with E-state index < -0.39 is 5.91 Å². The number of fused-ring (bicyclic) bond motifs is 2. The zero-order valence-corrected chi connectivity index (χ0v) is 17.2. The molecule has 1 aromatic heterocycles. The zero-order chi connectivity index (χ0) is 21.7. The van der Waals surface area contributed by atoms with E-state index in [0.717, 1.165) is 28.3 Å². The van der Waals surface area contributed by atoms with Gasteiger partial charge >= 0.3 is 0 Å². The Balaban J connectivity index is 1.44. The number of carbonyl (C=O) groups is 2. The lowest BCUT2D eigenvalue weighted by Crippen LogP contribution is -2.16. The third kappa shape index (κ3) is 3.59. The minimum absolute atomic E-state index is 0.168. The molecule has 6 nitrogen and oxygen atoms in total. The van der Waals surface area contributed by atoms with Gasteiger partial charge in [0.05, 0.1) is 22.8 Å². The number of ketones is 1. The summed E-state index contributed by atoms with van der Waals surface area (Å²) < 4.78 is 6.68. The number of nitrogens with two attached hydrogens (primary N) is 1. The SMILES string of the molecule is NC(=O)c1cc2cc(Cl)ccc2cc1OCC(=O)c1cn(O)c2cc(C3CC3)ccc12. The topological polar surface area (TPSA) is 94.6 Å². The van der Waals surface area contributed by atoms with E-state index >= 15 is 0 Å². The van der Waals surface area contributed by atoms with E-state index in [4.69, 9.17) is 22.1 Å². The first-order chi connectivity index (χ1) is 14.9. The van der Waals surface area contributed by atoms with Crippen molar-refractivity contribution in [2.75, 3.05) is 6.61 Å². The van der Waals surface area contributed by atoms with Gasteiger partial charge in [0.15, 0.2) is 6.61 Å². The number of halogens is 1. The minimum Gasteiger partial charge on any atom is -0.485 e. The van der Waals surface area contributed by atoms with Crippen molar-refractivity contribution in [3.63, 3.8) is 0 Å². The van der Waals surface area contributed by atoms with Crippen LogP contribution in [0, 0.1) is 0 Å². The van der Waals surface area contributed by atoms with Crippen molar-refractivity contribution in [2.45, 2.75) is 18.8 Å². The molecule has 1 saturated carbocycles. The molecule has 1 aliphatic carbocycles. The van der Waals surface area contributed by atoms with Crippen LogP contribution in [0.25, 0.3) is 21.7 Å². The van der Waals surface area contributed by atoms with E-state index in [9.17, 15) is 14.8 Å². The van der Waals surface area contributed by atoms with Gasteiger partial charge in [0.2, 0.25) is 5.78 Å². The molecule has 4 aromatic rings. The molecule has 0 spiro atoms. The highest BCUT2D eigenvalue weighted by Gasteiger charge is 2.25. The van der Waals surface area contributed by atoms with Gasteiger partial charge in [-0.05, 0) is 65.4 Å². The first kappa shape index (κ1) is 19.5. The molecule has 3 N–H and O–H groups in total. The Morgan fingerprint density at radius 3 is 2.61 bits per heavy atom. The highest BCUT2D eigenvalue weighted by molar-refractivity contribution is 6.31. The lowest BCUT2D eigenvalue weighted by atomic mass is 10.0. The minimum atomic E-state index is -0.663. The normalized spacial score (nSPS) is 13.6. The molecule has 1 fully saturated rings. The van der Waals surface area contributed by atoms with Gasteiger partial charge in [0, 0.05) is 10.4 Å². The standard InChI is InChI=1S/C24H19ClN2O4/c25-17-5-3-15-10-23(19(24(26)29)8-16(15)7-17)31-12-22(28)20-11-27(30)21-9-14(13-1-2-13)4-6-18(20)21/h3-11,13,30H,1-2,12H2,(H2,26,29). The first-order valence-electron chi connectivity index (χ1n) is 9.94. The van der Waals surface area contributed by atoms with Gasteiger partial charge < -0.3 is 15.7 Å². The van der Waals surface area contributed by atoms with Gasteiger partial charge in [-0.15, -0.1) is 0 Å². The number of rotatable bonds is 6. The number of benzene rings is 3. The molecule has 5 rings (SSSR count). The number of nitrogens with zero attached hydrogens (tertiary/aromatic N) is 1. The number of hydrogen-bond donors (Lipinski definition) is 2. The largest absolute Gasteiger partial charge is 0.485 e. The molecule has 1 amide bonds. The second-order valence-electron chi connectivity index (χ2n) is 7.85. The lowest BCUT2D eigenvalue weighted by Gasteiger charge is -2.11. The molecule has 0 saturated heterocycles. The van der Waals surface area contributed by atoms with Crippen molar-refractivity contribution >= 4 is 45.0 Å². The van der Waals surface area contributed by atoms with Crippen LogP contribution < -0.4 is 10.5 Å². The second kappa shape index (κ2) is 7.32. The van der Waals surface area contributed by atoms with Gasteiger partial charge in [0.25, 0.3) is 5.91 Å². The van der Waals surface area contributed by atoms with Crippen molar-refractivity contribution < 1.29 is 19.5 Å². The number of primary amides is 1. The summed E-state index contributed by atoms with van der Waals surface area (Å²) in [6.45, 7) is -0.303. The highest BCUT2D eigenvalue weighted by atomic mass is 35.5. The fourth-order valence-corrected chi connectivity index (χ4v) is 4.08. The average Bonchev–Trinajstić information content (AvgIpc) is 3.55. The van der Waals surface area contributed by atoms with Crippen LogP contribution in [0.1, 0.15) is 45.0 Å². The van der Waals surface area contributed by atoms with Gasteiger partial charge in [-0.25, -0.2) is 0 Å². The average molecular weight is 435 g/mol. The van der Waals surface area contributed by atoms with E-state index in [0.29, 0.717) is 27.4 Å². The molecule has 0 aliphatic heterocycles. The molecule has 1 heterocycles. The summed E-state index contributed by atoms with van der Waals surface area (Å²) in [5.41, 5.74) is 7.79. The van der Waals surface area contributed by atoms with E-state index in [1.807, 2.05) is 18.2 Å². The van der Waals surface area contributed by atoms with Crippen molar-refractivity contribution in [3.8, 4) is 5.75 Å². The number of aromatic nitrogens is 1. The molecule has 31 heavy (non-hydrogen) atoms. The Kier molecular flexibility index (Phi) is 4.59. The first-order valence-corrected chi connectivity index (χ1v) is 10.3. The molecular formula is C24H19ClN2O4. The van der Waals surface area contributed by atoms with Crippen molar-refractivity contribution in [1.29, 1.82) is 0 Å². The maximum Gasteiger partial charge on any atom is 0.252 e. The van der Waals surface area contributed by atoms with Crippen LogP contribution in [0.2, 0.25) is 5.02 Å². The van der Waals surface area contributed by atoms with Crippen LogP contribution in [0.4, 0.5) is 0 Å². The molecule has 1 aliphatic rings. The van der Waals surface area contributed by atoms with Gasteiger partial charge in [-0.2, -0.15) is 4.73 Å². The summed E-state index contributed by atoms with van der Waals surface area (Å²) >= 11 is 6.03. The molecule has 3 aromatic carbocycles. The van der Waals surface area contributed by atoms with E-state index in [2.05, 4.69) is 0 Å². The lowest BCUT2D eigenvalue weighted by molar-refractivity contribution is 0.0911. The summed E-state index contributed by atoms with van der Waals surface area (Å²) in [5, 5.41) is 13.0. The van der Waals surface area contributed by atoms with E-state index in [1.54, 1.807) is 30.3 Å². The van der Waals surface area contributed by atoms with Gasteiger partial charge in [-0.1, -0.05) is 29.8 Å². The maximum atomic E-state index is 12.9. The van der Waals surface area contributed by atoms with Crippen LogP contribution in [0.3, 0.4) is 0 Å². The predicted molar refractivity (Wildman–Crippen MR) is 118 cm³/mol. The number of ether oxygens (including phenoxy) is 1. The number of Topliss-reactive ketones (excluding diaryl/α,β-unsaturated/α-hetero) is 1. The van der Waals surface area contributed by atoms with Gasteiger partial charge in [-0.3, -0.25) is 9.59 Å². The predicted octanol–water partition coefficient (Wildman–Crippen LogP) is 4.92. The summed E-state index contributed by atoms with van der Waals surface area (Å²) in [6, 6.07) is 14.3. The van der Waals surface area contributed by atoms with Gasteiger partial charge in [0.1, 0.15) is 5.75 Å². The van der Waals surface area contributed by atoms with Crippen LogP contribution in [0.15, 0.2) is 54.7 Å². The fraction of sp³-hybridized carbons (Fsp3) is 0.167.